The molecule has 3 rings (SSSR count). The molecule has 2 atom stereocenters. The van der Waals surface area contributed by atoms with Crippen LogP contribution >= 0.6 is 0 Å². The first-order valence-electron chi connectivity index (χ1n) is 9.01. The molecule has 0 aliphatic carbocycles. The second-order valence-electron chi connectivity index (χ2n) is 6.72. The highest BCUT2D eigenvalue weighted by Gasteiger charge is 2.16. The van der Waals surface area contributed by atoms with Crippen LogP contribution in [0.15, 0.2) is 60.7 Å². The van der Waals surface area contributed by atoms with Crippen LogP contribution in [0.2, 0.25) is 0 Å². The molecular formula is C21H22N4O3. The maximum absolute atomic E-state index is 11.0. The van der Waals surface area contributed by atoms with Crippen LogP contribution in [0.25, 0.3) is 11.4 Å². The summed E-state index contributed by atoms with van der Waals surface area (Å²) < 4.78 is 0. The molecule has 0 spiro atoms. The largest absolute Gasteiger partial charge is 0.391 e. The van der Waals surface area contributed by atoms with Crippen LogP contribution in [0.3, 0.4) is 0 Å². The van der Waals surface area contributed by atoms with E-state index in [1.807, 2.05) is 44.2 Å². The minimum absolute atomic E-state index is 0.0104. The van der Waals surface area contributed by atoms with E-state index in [0.29, 0.717) is 23.6 Å². The van der Waals surface area contributed by atoms with Gasteiger partial charge in [0.15, 0.2) is 5.82 Å². The highest BCUT2D eigenvalue weighted by atomic mass is 16.6. The average Bonchev–Trinajstić information content (AvgIpc) is 2.68. The predicted octanol–water partition coefficient (Wildman–Crippen LogP) is 3.76. The Kier molecular flexibility index (Phi) is 5.96. The van der Waals surface area contributed by atoms with Gasteiger partial charge in [0.1, 0.15) is 5.82 Å². The first kappa shape index (κ1) is 19.4. The number of hydrogen-bond acceptors (Lipinski definition) is 6. The van der Waals surface area contributed by atoms with E-state index in [-0.39, 0.29) is 11.7 Å². The third kappa shape index (κ3) is 4.89. The maximum Gasteiger partial charge on any atom is 0.270 e. The van der Waals surface area contributed by atoms with E-state index in [2.05, 4.69) is 15.3 Å². The molecule has 1 heterocycles. The van der Waals surface area contributed by atoms with E-state index in [1.165, 1.54) is 12.1 Å². The van der Waals surface area contributed by atoms with Crippen molar-refractivity contribution in [3.8, 4) is 11.4 Å². The number of nitrogens with zero attached hydrogens (tertiary/aromatic N) is 3. The number of non-ortho nitro benzene ring substituents is 1. The third-order valence-corrected chi connectivity index (χ3v) is 4.41. The number of benzene rings is 2. The van der Waals surface area contributed by atoms with Gasteiger partial charge in [-0.1, -0.05) is 42.5 Å². The molecule has 0 saturated heterocycles. The van der Waals surface area contributed by atoms with Gasteiger partial charge in [-0.05, 0) is 19.4 Å². The van der Waals surface area contributed by atoms with Crippen molar-refractivity contribution in [3.05, 3.63) is 82.0 Å². The van der Waals surface area contributed by atoms with Crippen LogP contribution in [0, 0.1) is 17.0 Å². The number of aliphatic hydroxyl groups excluding tert-OH is 1. The van der Waals surface area contributed by atoms with Gasteiger partial charge in [-0.3, -0.25) is 10.1 Å². The number of nitrogens with one attached hydrogen (secondary N) is 1. The number of aliphatic hydroxyl groups is 1. The second kappa shape index (κ2) is 8.58. The maximum atomic E-state index is 11.0. The minimum atomic E-state index is -0.598. The predicted molar refractivity (Wildman–Crippen MR) is 108 cm³/mol. The molecule has 1 aromatic heterocycles. The Morgan fingerprint density at radius 1 is 1.11 bits per heavy atom. The fourth-order valence-corrected chi connectivity index (χ4v) is 2.89. The molecule has 144 valence electrons. The molecule has 7 nitrogen and oxygen atoms in total. The van der Waals surface area contributed by atoms with Crippen molar-refractivity contribution in [1.82, 2.24) is 9.97 Å². The summed E-state index contributed by atoms with van der Waals surface area (Å²) >= 11 is 0. The zero-order chi connectivity index (χ0) is 20.1. The van der Waals surface area contributed by atoms with Gasteiger partial charge in [-0.2, -0.15) is 0 Å². The van der Waals surface area contributed by atoms with Gasteiger partial charge in [0.25, 0.3) is 5.69 Å². The molecule has 2 unspecified atom stereocenters. The molecule has 0 radical (unpaired) electrons. The molecular weight excluding hydrogens is 356 g/mol. The summed E-state index contributed by atoms with van der Waals surface area (Å²) in [5.74, 6) is 0.963. The number of aromatic nitrogens is 2. The van der Waals surface area contributed by atoms with E-state index in [9.17, 15) is 15.2 Å². The first-order chi connectivity index (χ1) is 13.4. The quantitative estimate of drug-likeness (QED) is 0.479. The Labute approximate surface area is 163 Å². The fourth-order valence-electron chi connectivity index (χ4n) is 2.89. The molecule has 0 amide bonds. The van der Waals surface area contributed by atoms with Crippen molar-refractivity contribution in [1.29, 1.82) is 0 Å². The second-order valence-corrected chi connectivity index (χ2v) is 6.72. The summed E-state index contributed by atoms with van der Waals surface area (Å²) in [7, 11) is 0. The Hall–Kier alpha value is -3.32. The number of anilines is 1. The molecule has 0 aliphatic heterocycles. The lowest BCUT2D eigenvalue weighted by molar-refractivity contribution is -0.384. The van der Waals surface area contributed by atoms with Crippen molar-refractivity contribution >= 4 is 11.5 Å². The van der Waals surface area contributed by atoms with Gasteiger partial charge in [-0.25, -0.2) is 9.97 Å². The van der Waals surface area contributed by atoms with Crippen molar-refractivity contribution in [2.45, 2.75) is 32.4 Å². The smallest absolute Gasteiger partial charge is 0.270 e. The number of rotatable bonds is 7. The van der Waals surface area contributed by atoms with Crippen LogP contribution in [0.1, 0.15) is 18.2 Å². The number of aryl methyl sites for hydroxylation is 1. The van der Waals surface area contributed by atoms with Crippen molar-refractivity contribution < 1.29 is 10.0 Å². The monoisotopic (exact) mass is 378 g/mol. The number of nitro benzene ring substituents is 1. The molecule has 0 fully saturated rings. The summed E-state index contributed by atoms with van der Waals surface area (Å²) in [5, 5.41) is 24.7. The zero-order valence-corrected chi connectivity index (χ0v) is 15.7. The standard InChI is InChI=1S/C21H22N4O3/c1-14-11-20(23-15(2)19(26)12-16-7-4-3-5-8-16)24-21(22-14)17-9-6-10-18(13-17)25(27)28/h3-11,13,15,19,26H,12H2,1-2H3,(H,22,23,24). The van der Waals surface area contributed by atoms with Crippen molar-refractivity contribution in [2.75, 3.05) is 5.32 Å². The molecule has 0 bridgehead atoms. The molecule has 2 aromatic carbocycles. The average molecular weight is 378 g/mol. The lowest BCUT2D eigenvalue weighted by atomic mass is 10.0. The third-order valence-electron chi connectivity index (χ3n) is 4.41. The van der Waals surface area contributed by atoms with Crippen LogP contribution in [-0.4, -0.2) is 32.1 Å². The molecule has 2 N–H and O–H groups in total. The van der Waals surface area contributed by atoms with Gasteiger partial charge in [0.2, 0.25) is 0 Å². The SMILES string of the molecule is Cc1cc(NC(C)C(O)Cc2ccccc2)nc(-c2cccc([N+](=O)[O-])c2)n1. The lowest BCUT2D eigenvalue weighted by Crippen LogP contribution is -2.32. The molecule has 0 aliphatic rings. The van der Waals surface area contributed by atoms with Gasteiger partial charge in [-0.15, -0.1) is 0 Å². The fraction of sp³-hybridized carbons (Fsp3) is 0.238. The van der Waals surface area contributed by atoms with Crippen molar-refractivity contribution in [3.63, 3.8) is 0 Å². The van der Waals surface area contributed by atoms with Crippen molar-refractivity contribution in [2.24, 2.45) is 0 Å². The Morgan fingerprint density at radius 2 is 1.86 bits per heavy atom. The minimum Gasteiger partial charge on any atom is -0.391 e. The normalized spacial score (nSPS) is 13.0. The topological polar surface area (TPSA) is 101 Å². The first-order valence-corrected chi connectivity index (χ1v) is 9.01. The molecule has 28 heavy (non-hydrogen) atoms. The van der Waals surface area contributed by atoms with Crippen LogP contribution in [0.5, 0.6) is 0 Å². The van der Waals surface area contributed by atoms with Gasteiger partial charge in [0, 0.05) is 35.9 Å². The van der Waals surface area contributed by atoms with Gasteiger partial charge >= 0.3 is 0 Å². The van der Waals surface area contributed by atoms with E-state index >= 15 is 0 Å². The highest BCUT2D eigenvalue weighted by molar-refractivity contribution is 5.61. The van der Waals surface area contributed by atoms with Gasteiger partial charge < -0.3 is 10.4 Å². The highest BCUT2D eigenvalue weighted by Crippen LogP contribution is 2.23. The summed E-state index contributed by atoms with van der Waals surface area (Å²) in [6.07, 6.45) is -0.0736. The van der Waals surface area contributed by atoms with E-state index in [1.54, 1.807) is 18.2 Å². The summed E-state index contributed by atoms with van der Waals surface area (Å²) in [6, 6.07) is 17.6. The van der Waals surface area contributed by atoms with E-state index in [0.717, 1.165) is 11.3 Å². The summed E-state index contributed by atoms with van der Waals surface area (Å²) in [4.78, 5) is 19.4. The molecule has 7 heteroatoms. The number of hydrogen-bond donors (Lipinski definition) is 2. The van der Waals surface area contributed by atoms with Crippen LogP contribution in [0.4, 0.5) is 11.5 Å². The van der Waals surface area contributed by atoms with Crippen LogP contribution in [-0.2, 0) is 6.42 Å². The van der Waals surface area contributed by atoms with E-state index in [4.69, 9.17) is 0 Å². The summed E-state index contributed by atoms with van der Waals surface area (Å²) in [6.45, 7) is 3.72. The van der Waals surface area contributed by atoms with Gasteiger partial charge in [0.05, 0.1) is 17.1 Å². The lowest BCUT2D eigenvalue weighted by Gasteiger charge is -2.21. The zero-order valence-electron chi connectivity index (χ0n) is 15.7. The Morgan fingerprint density at radius 3 is 2.57 bits per heavy atom. The molecule has 3 aromatic rings. The summed E-state index contributed by atoms with van der Waals surface area (Å²) in [5.41, 5.74) is 2.34. The Balaban J connectivity index is 1.77. The Bertz CT molecular complexity index is 963. The van der Waals surface area contributed by atoms with Crippen LogP contribution < -0.4 is 5.32 Å². The number of nitro groups is 1. The molecule has 0 saturated carbocycles. The van der Waals surface area contributed by atoms with E-state index < -0.39 is 11.0 Å².